The summed E-state index contributed by atoms with van der Waals surface area (Å²) in [5.74, 6) is -0.105. The van der Waals surface area contributed by atoms with Crippen molar-refractivity contribution in [1.29, 1.82) is 0 Å². The summed E-state index contributed by atoms with van der Waals surface area (Å²) >= 11 is 0. The maximum Gasteiger partial charge on any atom is 0.294 e. The highest BCUT2D eigenvalue weighted by molar-refractivity contribution is 6.02. The fraction of sp³-hybridized carbons (Fsp3) is 0.667. The number of hydrogen-bond donors (Lipinski definition) is 2. The Morgan fingerprint density at radius 1 is 1.33 bits per heavy atom. The van der Waals surface area contributed by atoms with Crippen LogP contribution >= 0.6 is 0 Å². The van der Waals surface area contributed by atoms with E-state index in [-0.39, 0.29) is 29.8 Å². The van der Waals surface area contributed by atoms with Crippen molar-refractivity contribution < 1.29 is 18.8 Å². The Hall–Kier alpha value is -1.82. The van der Waals surface area contributed by atoms with Crippen LogP contribution in [0, 0.1) is 0 Å². The molecule has 136 valence electrons. The lowest BCUT2D eigenvalue weighted by atomic mass is 10.2. The first-order valence-corrected chi connectivity index (χ1v) is 8.89. The Morgan fingerprint density at radius 3 is 2.58 bits per heavy atom. The molecule has 1 aromatic rings. The van der Waals surface area contributed by atoms with Crippen molar-refractivity contribution in [2.75, 3.05) is 19.6 Å². The molecule has 0 radical (unpaired) electrons. The SMILES string of the molecule is CC[NH+](CC)CCC[C@@H](C)N=C(NC(=O)c1ccco1)OC(C)C. The van der Waals surface area contributed by atoms with Gasteiger partial charge in [0.1, 0.15) is 0 Å². The molecule has 1 rings (SSSR count). The summed E-state index contributed by atoms with van der Waals surface area (Å²) in [7, 11) is 0. The van der Waals surface area contributed by atoms with Gasteiger partial charge in [-0.25, -0.2) is 4.99 Å². The number of quaternary nitrogens is 1. The summed E-state index contributed by atoms with van der Waals surface area (Å²) in [4.78, 5) is 18.2. The number of nitrogens with one attached hydrogen (secondary N) is 2. The van der Waals surface area contributed by atoms with Gasteiger partial charge in [0.05, 0.1) is 38.0 Å². The number of nitrogens with zero attached hydrogens (tertiary/aromatic N) is 1. The van der Waals surface area contributed by atoms with Crippen LogP contribution in [0.3, 0.4) is 0 Å². The van der Waals surface area contributed by atoms with E-state index in [4.69, 9.17) is 9.15 Å². The van der Waals surface area contributed by atoms with Gasteiger partial charge in [-0.05, 0) is 59.6 Å². The zero-order valence-corrected chi connectivity index (χ0v) is 15.6. The van der Waals surface area contributed by atoms with Crippen molar-refractivity contribution in [3.05, 3.63) is 24.2 Å². The van der Waals surface area contributed by atoms with Crippen LogP contribution in [0.4, 0.5) is 0 Å². The Kier molecular flexibility index (Phi) is 9.15. The number of rotatable bonds is 9. The predicted octanol–water partition coefficient (Wildman–Crippen LogP) is 1.88. The van der Waals surface area contributed by atoms with Crippen molar-refractivity contribution in [3.8, 4) is 0 Å². The van der Waals surface area contributed by atoms with Gasteiger partial charge < -0.3 is 14.1 Å². The summed E-state index contributed by atoms with van der Waals surface area (Å²) in [5, 5.41) is 2.69. The molecule has 1 aromatic heterocycles. The Bertz CT molecular complexity index is 494. The molecular formula is C18H32N3O3+. The van der Waals surface area contributed by atoms with E-state index in [0.29, 0.717) is 0 Å². The second kappa shape index (κ2) is 10.9. The molecule has 0 saturated carbocycles. The molecule has 2 N–H and O–H groups in total. The quantitative estimate of drug-likeness (QED) is 0.534. The number of carbonyl (C=O) groups is 1. The van der Waals surface area contributed by atoms with E-state index in [9.17, 15) is 4.79 Å². The van der Waals surface area contributed by atoms with Crippen molar-refractivity contribution in [2.45, 2.75) is 59.6 Å². The molecule has 0 spiro atoms. The predicted molar refractivity (Wildman–Crippen MR) is 95.4 cm³/mol. The fourth-order valence-electron chi connectivity index (χ4n) is 2.40. The highest BCUT2D eigenvalue weighted by Crippen LogP contribution is 2.04. The van der Waals surface area contributed by atoms with Crippen LogP contribution in [-0.4, -0.2) is 43.7 Å². The van der Waals surface area contributed by atoms with Crippen molar-refractivity contribution in [2.24, 2.45) is 4.99 Å². The number of hydrogen-bond acceptors (Lipinski definition) is 4. The van der Waals surface area contributed by atoms with E-state index in [2.05, 4.69) is 24.2 Å². The lowest BCUT2D eigenvalue weighted by Crippen LogP contribution is -3.11. The third-order valence-corrected chi connectivity index (χ3v) is 3.80. The summed E-state index contributed by atoms with van der Waals surface area (Å²) in [5.41, 5.74) is 0. The van der Waals surface area contributed by atoms with E-state index in [1.165, 1.54) is 6.26 Å². The van der Waals surface area contributed by atoms with Gasteiger partial charge in [0.25, 0.3) is 11.9 Å². The molecular weight excluding hydrogens is 306 g/mol. The van der Waals surface area contributed by atoms with Gasteiger partial charge in [-0.3, -0.25) is 10.1 Å². The molecule has 1 atom stereocenters. The van der Waals surface area contributed by atoms with Crippen LogP contribution in [0.25, 0.3) is 0 Å². The van der Waals surface area contributed by atoms with Crippen LogP contribution in [-0.2, 0) is 4.74 Å². The second-order valence-electron chi connectivity index (χ2n) is 6.23. The van der Waals surface area contributed by atoms with Crippen LogP contribution in [0.2, 0.25) is 0 Å². The summed E-state index contributed by atoms with van der Waals surface area (Å²) in [6.45, 7) is 13.7. The lowest BCUT2D eigenvalue weighted by molar-refractivity contribution is -0.896. The lowest BCUT2D eigenvalue weighted by Gasteiger charge is -2.17. The van der Waals surface area contributed by atoms with Crippen LogP contribution in [0.1, 0.15) is 58.0 Å². The fourth-order valence-corrected chi connectivity index (χ4v) is 2.40. The minimum absolute atomic E-state index is 0.0621. The van der Waals surface area contributed by atoms with Gasteiger partial charge in [0.2, 0.25) is 0 Å². The maximum atomic E-state index is 12.1. The van der Waals surface area contributed by atoms with Crippen molar-refractivity contribution >= 4 is 11.9 Å². The zero-order valence-electron chi connectivity index (χ0n) is 15.6. The third-order valence-electron chi connectivity index (χ3n) is 3.80. The van der Waals surface area contributed by atoms with E-state index in [1.807, 2.05) is 20.8 Å². The van der Waals surface area contributed by atoms with Crippen LogP contribution in [0.5, 0.6) is 0 Å². The molecule has 1 heterocycles. The number of ether oxygens (including phenoxy) is 1. The zero-order chi connectivity index (χ0) is 17.9. The highest BCUT2D eigenvalue weighted by Gasteiger charge is 2.15. The van der Waals surface area contributed by atoms with E-state index in [1.54, 1.807) is 17.0 Å². The van der Waals surface area contributed by atoms with Gasteiger partial charge in [0.15, 0.2) is 5.76 Å². The smallest absolute Gasteiger partial charge is 0.294 e. The molecule has 6 nitrogen and oxygen atoms in total. The van der Waals surface area contributed by atoms with Gasteiger partial charge >= 0.3 is 0 Å². The van der Waals surface area contributed by atoms with Crippen LogP contribution in [0.15, 0.2) is 27.8 Å². The normalized spacial score (nSPS) is 13.4. The molecule has 0 unspecified atom stereocenters. The van der Waals surface area contributed by atoms with Crippen molar-refractivity contribution in [1.82, 2.24) is 5.32 Å². The number of amidine groups is 1. The molecule has 0 aliphatic rings. The largest absolute Gasteiger partial charge is 0.462 e. The first-order valence-electron chi connectivity index (χ1n) is 8.89. The number of aliphatic imine (C=N–C) groups is 1. The minimum atomic E-state index is -0.348. The first-order chi connectivity index (χ1) is 11.5. The Morgan fingerprint density at radius 2 is 2.04 bits per heavy atom. The van der Waals surface area contributed by atoms with Gasteiger partial charge in [0, 0.05) is 0 Å². The average Bonchev–Trinajstić information content (AvgIpc) is 3.05. The molecule has 0 aliphatic carbocycles. The molecule has 0 saturated heterocycles. The number of amides is 1. The molecule has 0 bridgehead atoms. The summed E-state index contributed by atoms with van der Waals surface area (Å²) in [6, 6.07) is 3.63. The summed E-state index contributed by atoms with van der Waals surface area (Å²) in [6.07, 6.45) is 3.47. The maximum absolute atomic E-state index is 12.1. The monoisotopic (exact) mass is 338 g/mol. The molecule has 0 fully saturated rings. The Labute approximate surface area is 145 Å². The van der Waals surface area contributed by atoms with E-state index in [0.717, 1.165) is 32.5 Å². The molecule has 6 heteroatoms. The van der Waals surface area contributed by atoms with E-state index < -0.39 is 0 Å². The molecule has 1 amide bonds. The molecule has 24 heavy (non-hydrogen) atoms. The topological polar surface area (TPSA) is 68.3 Å². The first kappa shape index (κ1) is 20.2. The molecule has 0 aromatic carbocycles. The highest BCUT2D eigenvalue weighted by atomic mass is 16.5. The number of carbonyl (C=O) groups excluding carboxylic acids is 1. The third kappa shape index (κ3) is 7.64. The standard InChI is InChI=1S/C18H31N3O3/c1-6-21(7-2)12-8-10-15(5)19-18(24-14(3)4)20-17(22)16-11-9-13-23-16/h9,11,13-15H,6-8,10,12H2,1-5H3,(H,19,20,22)/p+1/t15-/m1/s1. The number of furan rings is 1. The van der Waals surface area contributed by atoms with Crippen molar-refractivity contribution in [3.63, 3.8) is 0 Å². The van der Waals surface area contributed by atoms with E-state index >= 15 is 0 Å². The Balaban J connectivity index is 2.58. The second-order valence-corrected chi connectivity index (χ2v) is 6.23. The summed E-state index contributed by atoms with van der Waals surface area (Å²) < 4.78 is 10.7. The molecule has 0 aliphatic heterocycles. The van der Waals surface area contributed by atoms with Gasteiger partial charge in [-0.2, -0.15) is 0 Å². The minimum Gasteiger partial charge on any atom is -0.462 e. The average molecular weight is 338 g/mol. The van der Waals surface area contributed by atoms with Gasteiger partial charge in [-0.1, -0.05) is 0 Å². The van der Waals surface area contributed by atoms with Gasteiger partial charge in [-0.15, -0.1) is 0 Å². The van der Waals surface area contributed by atoms with Crippen LogP contribution < -0.4 is 10.2 Å².